The van der Waals surface area contributed by atoms with Crippen LogP contribution in [0.5, 0.6) is 11.5 Å². The zero-order chi connectivity index (χ0) is 20.1. The lowest BCUT2D eigenvalue weighted by atomic mass is 9.67. The van der Waals surface area contributed by atoms with E-state index in [2.05, 4.69) is 13.8 Å². The van der Waals surface area contributed by atoms with E-state index in [9.17, 15) is 9.59 Å². The fourth-order valence-corrected chi connectivity index (χ4v) is 4.45. The SMILES string of the molecule is CCOC(=O)C1C(C)=NC2=C(C(=O)CC(C)(C)C2)[C@H]1c1ccc2c(c1)OCO2. The molecule has 0 amide bonds. The molecule has 1 aromatic rings. The number of hydrogen-bond acceptors (Lipinski definition) is 6. The molecule has 1 unspecified atom stereocenters. The number of ketones is 1. The van der Waals surface area contributed by atoms with Crippen molar-refractivity contribution in [1.29, 1.82) is 0 Å². The van der Waals surface area contributed by atoms with Crippen LogP contribution in [-0.2, 0) is 14.3 Å². The standard InChI is InChI=1S/C22H25NO5/c1-5-26-21(25)18-12(2)23-14-9-22(3,4)10-15(24)20(14)19(18)13-6-7-16-17(8-13)28-11-27-16/h6-8,18-19H,5,9-11H2,1-4H3/t18?,19-/m0/s1. The molecule has 0 saturated carbocycles. The number of nitrogens with zero attached hydrogens (tertiary/aromatic N) is 1. The summed E-state index contributed by atoms with van der Waals surface area (Å²) in [6.45, 7) is 8.23. The van der Waals surface area contributed by atoms with E-state index in [-0.39, 0.29) is 30.6 Å². The number of benzene rings is 1. The molecule has 0 aromatic heterocycles. The molecule has 6 heteroatoms. The Bertz CT molecular complexity index is 912. The smallest absolute Gasteiger partial charge is 0.315 e. The summed E-state index contributed by atoms with van der Waals surface area (Å²) in [5, 5.41) is 0. The van der Waals surface area contributed by atoms with Crippen molar-refractivity contribution in [3.8, 4) is 11.5 Å². The van der Waals surface area contributed by atoms with Gasteiger partial charge in [-0.25, -0.2) is 0 Å². The first-order chi connectivity index (χ1) is 13.3. The molecule has 4 rings (SSSR count). The molecule has 2 heterocycles. The van der Waals surface area contributed by atoms with Gasteiger partial charge in [0.25, 0.3) is 0 Å². The molecule has 2 aliphatic heterocycles. The van der Waals surface area contributed by atoms with Gasteiger partial charge in [-0.3, -0.25) is 14.6 Å². The third-order valence-corrected chi connectivity index (χ3v) is 5.60. The van der Waals surface area contributed by atoms with Crippen molar-refractivity contribution in [3.05, 3.63) is 35.0 Å². The van der Waals surface area contributed by atoms with Gasteiger partial charge in [-0.15, -0.1) is 0 Å². The Hall–Kier alpha value is -2.63. The molecule has 0 spiro atoms. The highest BCUT2D eigenvalue weighted by Crippen LogP contribution is 2.49. The Morgan fingerprint density at radius 1 is 1.25 bits per heavy atom. The first-order valence-corrected chi connectivity index (χ1v) is 9.68. The van der Waals surface area contributed by atoms with E-state index in [1.807, 2.05) is 25.1 Å². The number of ether oxygens (including phenoxy) is 3. The molecule has 28 heavy (non-hydrogen) atoms. The van der Waals surface area contributed by atoms with Crippen molar-refractivity contribution in [2.45, 2.75) is 46.5 Å². The molecule has 6 nitrogen and oxygen atoms in total. The van der Waals surface area contributed by atoms with Crippen LogP contribution in [0.2, 0.25) is 0 Å². The van der Waals surface area contributed by atoms with Crippen LogP contribution in [-0.4, -0.2) is 30.9 Å². The van der Waals surface area contributed by atoms with E-state index in [1.165, 1.54) is 0 Å². The Morgan fingerprint density at radius 3 is 2.75 bits per heavy atom. The van der Waals surface area contributed by atoms with E-state index in [0.29, 0.717) is 35.6 Å². The topological polar surface area (TPSA) is 74.2 Å². The van der Waals surface area contributed by atoms with Crippen LogP contribution in [0.3, 0.4) is 0 Å². The zero-order valence-corrected chi connectivity index (χ0v) is 16.7. The third kappa shape index (κ3) is 3.11. The summed E-state index contributed by atoms with van der Waals surface area (Å²) >= 11 is 0. The van der Waals surface area contributed by atoms with Gasteiger partial charge in [0.1, 0.15) is 5.92 Å². The molecular formula is C22H25NO5. The maximum Gasteiger partial charge on any atom is 0.315 e. The summed E-state index contributed by atoms with van der Waals surface area (Å²) in [6, 6.07) is 5.61. The molecule has 0 radical (unpaired) electrons. The zero-order valence-electron chi connectivity index (χ0n) is 16.7. The van der Waals surface area contributed by atoms with Crippen LogP contribution in [0.25, 0.3) is 0 Å². The minimum Gasteiger partial charge on any atom is -0.465 e. The lowest BCUT2D eigenvalue weighted by Crippen LogP contribution is -2.39. The van der Waals surface area contributed by atoms with Gasteiger partial charge in [0.2, 0.25) is 6.79 Å². The fraction of sp³-hybridized carbons (Fsp3) is 0.500. The molecule has 2 atom stereocenters. The van der Waals surface area contributed by atoms with E-state index in [4.69, 9.17) is 19.2 Å². The maximum atomic E-state index is 13.2. The van der Waals surface area contributed by atoms with Gasteiger partial charge in [0.15, 0.2) is 17.3 Å². The van der Waals surface area contributed by atoms with E-state index in [0.717, 1.165) is 11.3 Å². The summed E-state index contributed by atoms with van der Waals surface area (Å²) in [7, 11) is 0. The van der Waals surface area contributed by atoms with Crippen LogP contribution < -0.4 is 9.47 Å². The first kappa shape index (κ1) is 18.7. The van der Waals surface area contributed by atoms with Gasteiger partial charge in [-0.1, -0.05) is 19.9 Å². The number of esters is 1. The second kappa shape index (κ2) is 6.76. The van der Waals surface area contributed by atoms with E-state index >= 15 is 0 Å². The highest BCUT2D eigenvalue weighted by atomic mass is 16.7. The average molecular weight is 383 g/mol. The molecule has 0 saturated heterocycles. The molecule has 1 aliphatic carbocycles. The Balaban J connectivity index is 1.86. The lowest BCUT2D eigenvalue weighted by molar-refractivity contribution is -0.146. The summed E-state index contributed by atoms with van der Waals surface area (Å²) in [5.41, 5.74) is 2.82. The fourth-order valence-electron chi connectivity index (χ4n) is 4.45. The highest BCUT2D eigenvalue weighted by molar-refractivity contribution is 6.09. The molecule has 3 aliphatic rings. The van der Waals surface area contributed by atoms with Crippen LogP contribution in [0.4, 0.5) is 0 Å². The van der Waals surface area contributed by atoms with Gasteiger partial charge in [0, 0.05) is 29.3 Å². The Morgan fingerprint density at radius 2 is 2.00 bits per heavy atom. The molecule has 0 fully saturated rings. The predicted molar refractivity (Wildman–Crippen MR) is 104 cm³/mol. The van der Waals surface area contributed by atoms with Crippen LogP contribution in [0, 0.1) is 11.3 Å². The molecule has 0 N–H and O–H groups in total. The molecule has 148 valence electrons. The van der Waals surface area contributed by atoms with Crippen LogP contribution in [0.15, 0.2) is 34.5 Å². The lowest BCUT2D eigenvalue weighted by Gasteiger charge is -2.39. The van der Waals surface area contributed by atoms with E-state index in [1.54, 1.807) is 6.92 Å². The largest absolute Gasteiger partial charge is 0.465 e. The van der Waals surface area contributed by atoms with Crippen molar-refractivity contribution < 1.29 is 23.8 Å². The monoisotopic (exact) mass is 383 g/mol. The number of hydrogen-bond donors (Lipinski definition) is 0. The Labute approximate surface area is 164 Å². The molecular weight excluding hydrogens is 358 g/mol. The molecule has 0 bridgehead atoms. The summed E-state index contributed by atoms with van der Waals surface area (Å²) in [6.07, 6.45) is 1.15. The third-order valence-electron chi connectivity index (χ3n) is 5.60. The number of aliphatic imine (C=N–C) groups is 1. The predicted octanol–water partition coefficient (Wildman–Crippen LogP) is 3.80. The van der Waals surface area contributed by atoms with Crippen LogP contribution in [0.1, 0.15) is 52.0 Å². The quantitative estimate of drug-likeness (QED) is 0.743. The summed E-state index contributed by atoms with van der Waals surface area (Å²) < 4.78 is 16.3. The normalized spacial score (nSPS) is 25.3. The van der Waals surface area contributed by atoms with Gasteiger partial charge < -0.3 is 14.2 Å². The van der Waals surface area contributed by atoms with Crippen molar-refractivity contribution in [2.75, 3.05) is 13.4 Å². The highest BCUT2D eigenvalue weighted by Gasteiger charge is 2.46. The van der Waals surface area contributed by atoms with Crippen molar-refractivity contribution in [2.24, 2.45) is 16.3 Å². The summed E-state index contributed by atoms with van der Waals surface area (Å²) in [4.78, 5) is 30.7. The van der Waals surface area contributed by atoms with Gasteiger partial charge in [0.05, 0.1) is 6.61 Å². The number of fused-ring (bicyclic) bond motifs is 1. The number of Topliss-reactive ketones (excluding diaryl/α,β-unsaturated/α-hetero) is 1. The Kier molecular flexibility index (Phi) is 4.52. The second-order valence-corrected chi connectivity index (χ2v) is 8.37. The van der Waals surface area contributed by atoms with Gasteiger partial charge >= 0.3 is 5.97 Å². The van der Waals surface area contributed by atoms with Gasteiger partial charge in [-0.2, -0.15) is 0 Å². The number of allylic oxidation sites excluding steroid dienone is 2. The second-order valence-electron chi connectivity index (χ2n) is 8.37. The van der Waals surface area contributed by atoms with Crippen molar-refractivity contribution in [3.63, 3.8) is 0 Å². The minimum absolute atomic E-state index is 0.0551. The first-order valence-electron chi connectivity index (χ1n) is 9.68. The summed E-state index contributed by atoms with van der Waals surface area (Å²) in [5.74, 6) is -0.0436. The minimum atomic E-state index is -0.621. The number of carbonyl (C=O) groups excluding carboxylic acids is 2. The molecule has 1 aromatic carbocycles. The number of carbonyl (C=O) groups is 2. The van der Waals surface area contributed by atoms with Gasteiger partial charge in [-0.05, 0) is 43.4 Å². The van der Waals surface area contributed by atoms with Crippen LogP contribution >= 0.6 is 0 Å². The average Bonchev–Trinajstić information content (AvgIpc) is 3.07. The maximum absolute atomic E-state index is 13.2. The number of rotatable bonds is 3. The van der Waals surface area contributed by atoms with Crippen molar-refractivity contribution >= 4 is 17.5 Å². The van der Waals surface area contributed by atoms with Crippen molar-refractivity contribution in [1.82, 2.24) is 0 Å². The van der Waals surface area contributed by atoms with E-state index < -0.39 is 11.8 Å².